The predicted molar refractivity (Wildman–Crippen MR) is 58.3 cm³/mol. The van der Waals surface area contributed by atoms with E-state index < -0.39 is 15.8 Å². The van der Waals surface area contributed by atoms with Crippen LogP contribution in [0.4, 0.5) is 8.78 Å². The van der Waals surface area contributed by atoms with Crippen LogP contribution in [0.15, 0.2) is 0 Å². The highest BCUT2D eigenvalue weighted by atomic mass is 32.2. The van der Waals surface area contributed by atoms with E-state index in [1.54, 1.807) is 0 Å². The van der Waals surface area contributed by atoms with E-state index in [0.717, 1.165) is 25.7 Å². The van der Waals surface area contributed by atoms with Crippen molar-refractivity contribution < 1.29 is 17.2 Å². The maximum atomic E-state index is 13.0. The second-order valence-corrected chi connectivity index (χ2v) is 7.53. The molecule has 16 heavy (non-hydrogen) atoms. The minimum absolute atomic E-state index is 0.0206. The average molecular weight is 252 g/mol. The Morgan fingerprint density at radius 2 is 1.75 bits per heavy atom. The van der Waals surface area contributed by atoms with Crippen LogP contribution in [0, 0.1) is 5.92 Å². The van der Waals surface area contributed by atoms with Crippen LogP contribution in [0.3, 0.4) is 0 Å². The van der Waals surface area contributed by atoms with Crippen LogP contribution in [0.5, 0.6) is 0 Å². The van der Waals surface area contributed by atoms with Gasteiger partial charge in [-0.05, 0) is 25.2 Å². The third-order valence-electron chi connectivity index (χ3n) is 3.78. The molecule has 2 aliphatic rings. The molecule has 0 aromatic carbocycles. The summed E-state index contributed by atoms with van der Waals surface area (Å²) < 4.78 is 49.8. The maximum Gasteiger partial charge on any atom is 0.248 e. The summed E-state index contributed by atoms with van der Waals surface area (Å²) in [5.41, 5.74) is 0. The molecule has 2 saturated carbocycles. The molecule has 5 heteroatoms. The summed E-state index contributed by atoms with van der Waals surface area (Å²) in [6.07, 6.45) is 3.36. The molecular weight excluding hydrogens is 234 g/mol. The van der Waals surface area contributed by atoms with Crippen molar-refractivity contribution >= 4 is 9.84 Å². The highest BCUT2D eigenvalue weighted by Gasteiger charge is 2.42. The summed E-state index contributed by atoms with van der Waals surface area (Å²) in [5, 5.41) is -0.248. The Kier molecular flexibility index (Phi) is 3.25. The molecule has 94 valence electrons. The van der Waals surface area contributed by atoms with Crippen LogP contribution in [0.2, 0.25) is 0 Å². The van der Waals surface area contributed by atoms with Crippen molar-refractivity contribution in [2.75, 3.05) is 5.75 Å². The Morgan fingerprint density at radius 1 is 1.12 bits per heavy atom. The largest absolute Gasteiger partial charge is 0.248 e. The summed E-state index contributed by atoms with van der Waals surface area (Å²) in [6.45, 7) is 0. The van der Waals surface area contributed by atoms with Crippen LogP contribution in [0.25, 0.3) is 0 Å². The van der Waals surface area contributed by atoms with Gasteiger partial charge in [0.25, 0.3) is 0 Å². The van der Waals surface area contributed by atoms with Gasteiger partial charge in [0.1, 0.15) is 0 Å². The molecular formula is C11H18F2O2S. The fraction of sp³-hybridized carbons (Fsp3) is 1.00. The SMILES string of the molecule is O=S(=O)(CC1CCC(F)(F)C1)C1CCCC1. The van der Waals surface area contributed by atoms with E-state index >= 15 is 0 Å². The Hall–Kier alpha value is -0.190. The number of hydrogen-bond acceptors (Lipinski definition) is 2. The third kappa shape index (κ3) is 2.73. The number of hydrogen-bond donors (Lipinski definition) is 0. The molecule has 0 amide bonds. The summed E-state index contributed by atoms with van der Waals surface area (Å²) in [4.78, 5) is 0. The Bertz CT molecular complexity index is 345. The van der Waals surface area contributed by atoms with Gasteiger partial charge in [-0.3, -0.25) is 0 Å². The molecule has 0 radical (unpaired) electrons. The first-order valence-corrected chi connectivity index (χ1v) is 7.70. The van der Waals surface area contributed by atoms with E-state index in [2.05, 4.69) is 0 Å². The van der Waals surface area contributed by atoms with E-state index in [0.29, 0.717) is 6.42 Å². The lowest BCUT2D eigenvalue weighted by atomic mass is 10.1. The van der Waals surface area contributed by atoms with Crippen molar-refractivity contribution in [3.05, 3.63) is 0 Å². The molecule has 1 unspecified atom stereocenters. The van der Waals surface area contributed by atoms with Gasteiger partial charge in [0.2, 0.25) is 5.92 Å². The quantitative estimate of drug-likeness (QED) is 0.774. The number of rotatable bonds is 3. The molecule has 0 N–H and O–H groups in total. The summed E-state index contributed by atoms with van der Waals surface area (Å²) in [7, 11) is -3.13. The van der Waals surface area contributed by atoms with Gasteiger partial charge in [0.05, 0.1) is 11.0 Å². The first-order chi connectivity index (χ1) is 7.39. The molecule has 0 bridgehead atoms. The lowest BCUT2D eigenvalue weighted by molar-refractivity contribution is 0.00592. The molecule has 0 saturated heterocycles. The normalized spacial score (nSPS) is 31.0. The molecule has 2 rings (SSSR count). The zero-order chi connectivity index (χ0) is 11.8. The fourth-order valence-electron chi connectivity index (χ4n) is 2.90. The van der Waals surface area contributed by atoms with Crippen molar-refractivity contribution in [2.45, 2.75) is 56.1 Å². The number of sulfone groups is 1. The molecule has 0 aliphatic heterocycles. The van der Waals surface area contributed by atoms with Crippen LogP contribution < -0.4 is 0 Å². The van der Waals surface area contributed by atoms with Crippen molar-refractivity contribution in [1.29, 1.82) is 0 Å². The number of alkyl halides is 2. The first kappa shape index (κ1) is 12.3. The first-order valence-electron chi connectivity index (χ1n) is 5.98. The van der Waals surface area contributed by atoms with Crippen LogP contribution in [-0.2, 0) is 9.84 Å². The predicted octanol–water partition coefficient (Wildman–Crippen LogP) is 2.78. The molecule has 0 aromatic heterocycles. The van der Waals surface area contributed by atoms with Crippen molar-refractivity contribution in [3.63, 3.8) is 0 Å². The summed E-state index contributed by atoms with van der Waals surface area (Å²) in [5.74, 6) is -2.97. The van der Waals surface area contributed by atoms with Crippen molar-refractivity contribution in [3.8, 4) is 0 Å². The Labute approximate surface area is 95.3 Å². The average Bonchev–Trinajstić information content (AvgIpc) is 2.74. The van der Waals surface area contributed by atoms with Gasteiger partial charge in [0, 0.05) is 12.8 Å². The maximum absolute atomic E-state index is 13.0. The topological polar surface area (TPSA) is 34.1 Å². The van der Waals surface area contributed by atoms with Gasteiger partial charge in [-0.25, -0.2) is 17.2 Å². The zero-order valence-corrected chi connectivity index (χ0v) is 10.1. The van der Waals surface area contributed by atoms with Gasteiger partial charge >= 0.3 is 0 Å². The van der Waals surface area contributed by atoms with E-state index in [1.165, 1.54) is 0 Å². The van der Waals surface area contributed by atoms with E-state index in [-0.39, 0.29) is 29.8 Å². The zero-order valence-electron chi connectivity index (χ0n) is 9.29. The van der Waals surface area contributed by atoms with Gasteiger partial charge in [-0.2, -0.15) is 0 Å². The van der Waals surface area contributed by atoms with Gasteiger partial charge in [0.15, 0.2) is 9.84 Å². The molecule has 1 atom stereocenters. The van der Waals surface area contributed by atoms with E-state index in [4.69, 9.17) is 0 Å². The van der Waals surface area contributed by atoms with E-state index in [9.17, 15) is 17.2 Å². The minimum Gasteiger partial charge on any atom is -0.229 e. The molecule has 0 heterocycles. The lowest BCUT2D eigenvalue weighted by Gasteiger charge is -2.15. The second-order valence-electron chi connectivity index (χ2n) is 5.20. The Balaban J connectivity index is 1.94. The third-order valence-corrected chi connectivity index (χ3v) is 6.21. The minimum atomic E-state index is -3.13. The van der Waals surface area contributed by atoms with Crippen molar-refractivity contribution in [1.82, 2.24) is 0 Å². The summed E-state index contributed by atoms with van der Waals surface area (Å²) in [6, 6.07) is 0. The molecule has 0 aromatic rings. The van der Waals surface area contributed by atoms with Crippen LogP contribution >= 0.6 is 0 Å². The smallest absolute Gasteiger partial charge is 0.229 e. The molecule has 2 nitrogen and oxygen atoms in total. The van der Waals surface area contributed by atoms with Gasteiger partial charge in [-0.1, -0.05) is 12.8 Å². The number of halogens is 2. The standard InChI is InChI=1S/C11H18F2O2S/c12-11(13)6-5-9(7-11)8-16(14,15)10-3-1-2-4-10/h9-10H,1-8H2. The molecule has 2 aliphatic carbocycles. The Morgan fingerprint density at radius 3 is 2.25 bits per heavy atom. The van der Waals surface area contributed by atoms with E-state index in [1.807, 2.05) is 0 Å². The molecule has 0 spiro atoms. The van der Waals surface area contributed by atoms with Gasteiger partial charge < -0.3 is 0 Å². The highest BCUT2D eigenvalue weighted by molar-refractivity contribution is 7.92. The fourth-order valence-corrected chi connectivity index (χ4v) is 5.16. The summed E-state index contributed by atoms with van der Waals surface area (Å²) >= 11 is 0. The molecule has 2 fully saturated rings. The van der Waals surface area contributed by atoms with Crippen LogP contribution in [-0.4, -0.2) is 25.3 Å². The second kappa shape index (κ2) is 4.24. The van der Waals surface area contributed by atoms with Crippen LogP contribution in [0.1, 0.15) is 44.9 Å². The highest BCUT2D eigenvalue weighted by Crippen LogP contribution is 2.40. The monoisotopic (exact) mass is 252 g/mol. The van der Waals surface area contributed by atoms with Crippen molar-refractivity contribution in [2.24, 2.45) is 5.92 Å². The van der Waals surface area contributed by atoms with Gasteiger partial charge in [-0.15, -0.1) is 0 Å². The lowest BCUT2D eigenvalue weighted by Crippen LogP contribution is -2.25.